The Morgan fingerprint density at radius 3 is 2.76 bits per heavy atom. The van der Waals surface area contributed by atoms with E-state index in [2.05, 4.69) is 15.5 Å². The number of anilines is 1. The highest BCUT2D eigenvalue weighted by Gasteiger charge is 2.57. The zero-order valence-electron chi connectivity index (χ0n) is 19.1. The fourth-order valence-electron chi connectivity index (χ4n) is 4.73. The van der Waals surface area contributed by atoms with Crippen LogP contribution in [0.5, 0.6) is 0 Å². The van der Waals surface area contributed by atoms with Gasteiger partial charge in [0.25, 0.3) is 12.6 Å². The van der Waals surface area contributed by atoms with Gasteiger partial charge in [0.05, 0.1) is 17.9 Å². The summed E-state index contributed by atoms with van der Waals surface area (Å²) in [5.74, 6) is -0.599. The van der Waals surface area contributed by atoms with E-state index in [1.807, 2.05) is 0 Å². The van der Waals surface area contributed by atoms with Crippen LogP contribution in [0.4, 0.5) is 14.9 Å². The Balaban J connectivity index is 1.58. The third-order valence-corrected chi connectivity index (χ3v) is 6.46. The zero-order chi connectivity index (χ0) is 24.0. The minimum atomic E-state index is -1.03. The summed E-state index contributed by atoms with van der Waals surface area (Å²) in [6.45, 7) is 10.9. The summed E-state index contributed by atoms with van der Waals surface area (Å²) in [7, 11) is 0. The number of alkyl carbamates (subject to hydrolysis) is 1. The second-order valence-electron chi connectivity index (χ2n) is 10.3. The maximum absolute atomic E-state index is 14.0. The first-order chi connectivity index (χ1) is 15.5. The number of rotatable bonds is 5. The molecular formula is C25H29FN3O4+. The molecule has 2 aliphatic carbocycles. The lowest BCUT2D eigenvalue weighted by Gasteiger charge is -2.22. The molecule has 8 heteroatoms. The second-order valence-corrected chi connectivity index (χ2v) is 10.3. The number of halogens is 1. The molecule has 3 atom stereocenters. The van der Waals surface area contributed by atoms with Crippen LogP contribution >= 0.6 is 0 Å². The first-order valence-electron chi connectivity index (χ1n) is 11.3. The van der Waals surface area contributed by atoms with Crippen LogP contribution in [0.2, 0.25) is 0 Å². The second kappa shape index (κ2) is 8.29. The Morgan fingerprint density at radius 2 is 2.12 bits per heavy atom. The van der Waals surface area contributed by atoms with Crippen molar-refractivity contribution < 1.29 is 23.5 Å². The molecule has 2 fully saturated rings. The van der Waals surface area contributed by atoms with Gasteiger partial charge in [-0.15, -0.1) is 0 Å². The highest BCUT2D eigenvalue weighted by molar-refractivity contribution is 6.07. The molecule has 1 aliphatic heterocycles. The standard InChI is InChI=1S/C25H28FN3O4/c1-24(2,3)33-23(32)29-19(9-14-5-6-14)21(30)10-15-12-25(13-20(15)27-4)17-11-16(26)7-8-18(17)28-22(25)31/h4,7-8,10-11,14,19-20H,5-6,9,12-13H2,1-3H3,(H-,28,29,31,32)/p+1/b15-10-/t19-,20+,25+/m0/s1. The summed E-state index contributed by atoms with van der Waals surface area (Å²) in [5.41, 5.74) is -0.0000361. The van der Waals surface area contributed by atoms with Gasteiger partial charge in [-0.3, -0.25) is 9.59 Å². The number of ketones is 1. The molecule has 0 unspecified atom stereocenters. The highest BCUT2D eigenvalue weighted by Crippen LogP contribution is 2.51. The average molecular weight is 455 g/mol. The third kappa shape index (κ3) is 4.77. The molecule has 0 saturated heterocycles. The van der Waals surface area contributed by atoms with Crippen molar-refractivity contribution in [2.45, 2.75) is 76.0 Å². The number of hydrogen-bond donors (Lipinski definition) is 2. The topological polar surface area (TPSA) is 88.9 Å². The number of hydrogen-bond acceptors (Lipinski definition) is 4. The van der Waals surface area contributed by atoms with E-state index in [0.29, 0.717) is 29.2 Å². The molecule has 2 N–H and O–H groups in total. The number of nitrogens with zero attached hydrogens (tertiary/aromatic N) is 1. The lowest BCUT2D eigenvalue weighted by atomic mass is 9.79. The molecule has 2 amide bonds. The minimum absolute atomic E-state index is 0.203. The van der Waals surface area contributed by atoms with Crippen molar-refractivity contribution in [3.8, 4) is 6.57 Å². The Kier molecular flexibility index (Phi) is 5.77. The number of amides is 2. The lowest BCUT2D eigenvalue weighted by molar-refractivity contribution is -0.120. The van der Waals surface area contributed by atoms with Crippen LogP contribution in [0.15, 0.2) is 29.8 Å². The fraction of sp³-hybridized carbons (Fsp3) is 0.520. The molecule has 3 aliphatic rings. The largest absolute Gasteiger partial charge is 0.444 e. The van der Waals surface area contributed by atoms with Crippen LogP contribution in [-0.4, -0.2) is 35.5 Å². The van der Waals surface area contributed by atoms with E-state index >= 15 is 0 Å². The van der Waals surface area contributed by atoms with Crippen LogP contribution < -0.4 is 10.6 Å². The predicted molar refractivity (Wildman–Crippen MR) is 122 cm³/mol. The number of benzene rings is 1. The molecule has 1 spiro atoms. The summed E-state index contributed by atoms with van der Waals surface area (Å²) in [4.78, 5) is 42.4. The molecular weight excluding hydrogens is 425 g/mol. The van der Waals surface area contributed by atoms with E-state index in [1.165, 1.54) is 24.3 Å². The molecule has 0 radical (unpaired) electrons. The van der Waals surface area contributed by atoms with Crippen LogP contribution in [0.25, 0.3) is 4.85 Å². The molecule has 174 valence electrons. The summed E-state index contributed by atoms with van der Waals surface area (Å²) in [6.07, 6.45) is 3.80. The van der Waals surface area contributed by atoms with Gasteiger partial charge >= 0.3 is 6.09 Å². The van der Waals surface area contributed by atoms with Crippen molar-refractivity contribution in [1.29, 1.82) is 0 Å². The summed E-state index contributed by atoms with van der Waals surface area (Å²) < 4.78 is 19.3. The van der Waals surface area contributed by atoms with Crippen LogP contribution in [0.1, 0.15) is 58.4 Å². The van der Waals surface area contributed by atoms with E-state index in [4.69, 9.17) is 11.3 Å². The average Bonchev–Trinajstić information content (AvgIpc) is 3.40. The molecule has 1 aromatic carbocycles. The Hall–Kier alpha value is -3.21. The van der Waals surface area contributed by atoms with Crippen molar-refractivity contribution in [2.75, 3.05) is 5.32 Å². The van der Waals surface area contributed by atoms with Gasteiger partial charge in [0.2, 0.25) is 5.91 Å². The minimum Gasteiger partial charge on any atom is -0.444 e. The molecule has 33 heavy (non-hydrogen) atoms. The molecule has 7 nitrogen and oxygen atoms in total. The maximum Gasteiger partial charge on any atom is 0.408 e. The number of carbonyl (C=O) groups is 3. The van der Waals surface area contributed by atoms with Gasteiger partial charge in [0, 0.05) is 11.3 Å². The Morgan fingerprint density at radius 1 is 1.39 bits per heavy atom. The van der Waals surface area contributed by atoms with Crippen molar-refractivity contribution >= 4 is 23.5 Å². The van der Waals surface area contributed by atoms with Gasteiger partial charge in [-0.25, -0.2) is 9.18 Å². The van der Waals surface area contributed by atoms with Crippen molar-refractivity contribution in [3.05, 3.63) is 46.1 Å². The first kappa shape index (κ1) is 23.0. The summed E-state index contributed by atoms with van der Waals surface area (Å²) >= 11 is 0. The fourth-order valence-corrected chi connectivity index (χ4v) is 4.73. The van der Waals surface area contributed by atoms with E-state index in [0.717, 1.165) is 12.8 Å². The number of ether oxygens (including phenoxy) is 1. The monoisotopic (exact) mass is 454 g/mol. The van der Waals surface area contributed by atoms with Crippen molar-refractivity contribution in [2.24, 2.45) is 5.92 Å². The van der Waals surface area contributed by atoms with Gasteiger partial charge in [0.1, 0.15) is 11.4 Å². The van der Waals surface area contributed by atoms with Gasteiger partial charge in [-0.1, -0.05) is 17.7 Å². The molecule has 0 aromatic heterocycles. The van der Waals surface area contributed by atoms with E-state index < -0.39 is 35.0 Å². The van der Waals surface area contributed by atoms with Crippen molar-refractivity contribution in [3.63, 3.8) is 0 Å². The van der Waals surface area contributed by atoms with Gasteiger partial charge in [0.15, 0.2) is 5.78 Å². The van der Waals surface area contributed by atoms with E-state index in [1.54, 1.807) is 20.8 Å². The van der Waals surface area contributed by atoms with E-state index in [9.17, 15) is 18.8 Å². The normalized spacial score (nSPS) is 26.0. The smallest absolute Gasteiger partial charge is 0.408 e. The van der Waals surface area contributed by atoms with Crippen LogP contribution in [-0.2, 0) is 19.7 Å². The zero-order valence-corrected chi connectivity index (χ0v) is 19.1. The summed E-state index contributed by atoms with van der Waals surface area (Å²) in [5, 5.41) is 5.51. The quantitative estimate of drug-likeness (QED) is 0.648. The Bertz CT molecular complexity index is 1080. The number of fused-ring (bicyclic) bond motifs is 2. The maximum atomic E-state index is 14.0. The van der Waals surface area contributed by atoms with Gasteiger partial charge in [-0.2, -0.15) is 0 Å². The Labute approximate surface area is 192 Å². The third-order valence-electron chi connectivity index (χ3n) is 6.46. The van der Waals surface area contributed by atoms with Crippen LogP contribution in [0, 0.1) is 18.3 Å². The molecule has 4 rings (SSSR count). The highest BCUT2D eigenvalue weighted by atomic mass is 19.1. The molecule has 2 saturated carbocycles. The summed E-state index contributed by atoms with van der Waals surface area (Å²) in [6, 6.07) is 2.89. The number of carbonyl (C=O) groups excluding carboxylic acids is 3. The van der Waals surface area contributed by atoms with Crippen LogP contribution in [0.3, 0.4) is 0 Å². The first-order valence-corrected chi connectivity index (χ1v) is 11.3. The lowest BCUT2D eigenvalue weighted by Crippen LogP contribution is -2.43. The van der Waals surface area contributed by atoms with Gasteiger partial charge < -0.3 is 15.4 Å². The van der Waals surface area contributed by atoms with Crippen molar-refractivity contribution in [1.82, 2.24) is 5.32 Å². The molecule has 0 bridgehead atoms. The van der Waals surface area contributed by atoms with Gasteiger partial charge in [-0.05, 0) is 69.4 Å². The number of nitrogens with one attached hydrogen (secondary N) is 2. The van der Waals surface area contributed by atoms with E-state index in [-0.39, 0.29) is 24.5 Å². The predicted octanol–water partition coefficient (Wildman–Crippen LogP) is 4.33. The molecule has 1 aromatic rings. The SMILES string of the molecule is C#[N+][C@@H]1C[C@@]2(C/C1=C/C(=O)[C@H](CC1CC1)NC(=O)OC(C)(C)C)C(=O)Nc1ccc(F)cc12. The molecule has 1 heterocycles.